The van der Waals surface area contributed by atoms with Crippen molar-refractivity contribution in [1.29, 1.82) is 5.26 Å². The van der Waals surface area contributed by atoms with Crippen molar-refractivity contribution in [2.45, 2.75) is 10.8 Å². The SMILES string of the molecule is COc1cccc(SCC(C#N)c2ccccc2)c1. The van der Waals surface area contributed by atoms with Crippen molar-refractivity contribution in [3.63, 3.8) is 0 Å². The highest BCUT2D eigenvalue weighted by molar-refractivity contribution is 7.99. The van der Waals surface area contributed by atoms with Gasteiger partial charge in [0.1, 0.15) is 5.75 Å². The average molecular weight is 269 g/mol. The van der Waals surface area contributed by atoms with E-state index >= 15 is 0 Å². The Bertz CT molecular complexity index is 562. The van der Waals surface area contributed by atoms with E-state index < -0.39 is 0 Å². The third-order valence-corrected chi connectivity index (χ3v) is 3.90. The normalized spacial score (nSPS) is 11.6. The van der Waals surface area contributed by atoms with Crippen LogP contribution in [0.5, 0.6) is 5.75 Å². The Balaban J connectivity index is 2.02. The lowest BCUT2D eigenvalue weighted by atomic mass is 10.0. The molecular weight excluding hydrogens is 254 g/mol. The molecule has 0 aliphatic heterocycles. The van der Waals surface area contributed by atoms with E-state index in [9.17, 15) is 5.26 Å². The maximum absolute atomic E-state index is 9.27. The summed E-state index contributed by atoms with van der Waals surface area (Å²) in [6.07, 6.45) is 0. The van der Waals surface area contributed by atoms with Crippen molar-refractivity contribution in [3.8, 4) is 11.8 Å². The molecule has 0 heterocycles. The lowest BCUT2D eigenvalue weighted by Gasteiger charge is -2.09. The summed E-state index contributed by atoms with van der Waals surface area (Å²) in [5.41, 5.74) is 1.07. The minimum Gasteiger partial charge on any atom is -0.497 e. The van der Waals surface area contributed by atoms with E-state index in [2.05, 4.69) is 6.07 Å². The monoisotopic (exact) mass is 269 g/mol. The van der Waals surface area contributed by atoms with Gasteiger partial charge in [-0.05, 0) is 23.8 Å². The molecule has 0 fully saturated rings. The zero-order chi connectivity index (χ0) is 13.5. The van der Waals surface area contributed by atoms with Crippen LogP contribution in [-0.4, -0.2) is 12.9 Å². The Hall–Kier alpha value is -1.92. The van der Waals surface area contributed by atoms with Crippen LogP contribution in [0.4, 0.5) is 0 Å². The van der Waals surface area contributed by atoms with Gasteiger partial charge in [0.05, 0.1) is 19.1 Å². The Labute approximate surface area is 118 Å². The molecule has 0 amide bonds. The summed E-state index contributed by atoms with van der Waals surface area (Å²) < 4.78 is 5.19. The largest absolute Gasteiger partial charge is 0.497 e. The molecule has 1 unspecified atom stereocenters. The van der Waals surface area contributed by atoms with E-state index in [0.717, 1.165) is 22.0 Å². The molecule has 0 spiro atoms. The van der Waals surface area contributed by atoms with Crippen molar-refractivity contribution in [3.05, 3.63) is 60.2 Å². The van der Waals surface area contributed by atoms with Gasteiger partial charge in [-0.1, -0.05) is 36.4 Å². The number of nitriles is 1. The quantitative estimate of drug-likeness (QED) is 0.766. The molecule has 3 heteroatoms. The highest BCUT2D eigenvalue weighted by Gasteiger charge is 2.10. The van der Waals surface area contributed by atoms with Crippen molar-refractivity contribution < 1.29 is 4.74 Å². The van der Waals surface area contributed by atoms with Crippen LogP contribution in [-0.2, 0) is 0 Å². The second-order valence-electron chi connectivity index (χ2n) is 4.08. The van der Waals surface area contributed by atoms with Gasteiger partial charge in [-0.2, -0.15) is 5.26 Å². The van der Waals surface area contributed by atoms with Crippen LogP contribution >= 0.6 is 11.8 Å². The van der Waals surface area contributed by atoms with Gasteiger partial charge in [0.15, 0.2) is 0 Å². The Morgan fingerprint density at radius 2 is 1.95 bits per heavy atom. The van der Waals surface area contributed by atoms with Gasteiger partial charge >= 0.3 is 0 Å². The molecule has 2 rings (SSSR count). The van der Waals surface area contributed by atoms with Crippen LogP contribution in [0.1, 0.15) is 11.5 Å². The Kier molecular flexibility index (Phi) is 4.88. The number of methoxy groups -OCH3 is 1. The number of benzene rings is 2. The fraction of sp³-hybridized carbons (Fsp3) is 0.188. The molecule has 0 bridgehead atoms. The fourth-order valence-corrected chi connectivity index (χ4v) is 2.76. The zero-order valence-electron chi connectivity index (χ0n) is 10.7. The lowest BCUT2D eigenvalue weighted by Crippen LogP contribution is -1.98. The summed E-state index contributed by atoms with van der Waals surface area (Å²) in [7, 11) is 1.66. The van der Waals surface area contributed by atoms with Crippen LogP contribution < -0.4 is 4.74 Å². The maximum atomic E-state index is 9.27. The second-order valence-corrected chi connectivity index (χ2v) is 5.18. The van der Waals surface area contributed by atoms with E-state index in [0.29, 0.717) is 0 Å². The van der Waals surface area contributed by atoms with Gasteiger partial charge in [-0.15, -0.1) is 11.8 Å². The molecule has 2 aromatic rings. The Morgan fingerprint density at radius 1 is 1.16 bits per heavy atom. The Morgan fingerprint density at radius 3 is 2.63 bits per heavy atom. The zero-order valence-corrected chi connectivity index (χ0v) is 11.6. The highest BCUT2D eigenvalue weighted by atomic mass is 32.2. The molecular formula is C16H15NOS. The molecule has 19 heavy (non-hydrogen) atoms. The predicted molar refractivity (Wildman–Crippen MR) is 78.5 cm³/mol. The molecule has 0 aliphatic carbocycles. The first-order valence-corrected chi connectivity index (χ1v) is 7.03. The lowest BCUT2D eigenvalue weighted by molar-refractivity contribution is 0.413. The van der Waals surface area contributed by atoms with Gasteiger partial charge in [0.2, 0.25) is 0 Å². The third-order valence-electron chi connectivity index (χ3n) is 2.82. The first-order valence-electron chi connectivity index (χ1n) is 6.05. The van der Waals surface area contributed by atoms with Gasteiger partial charge < -0.3 is 4.74 Å². The molecule has 2 nitrogen and oxygen atoms in total. The average Bonchev–Trinajstić information content (AvgIpc) is 2.49. The summed E-state index contributed by atoms with van der Waals surface area (Å²) in [6, 6.07) is 20.2. The third kappa shape index (κ3) is 3.77. The second kappa shape index (κ2) is 6.86. The molecule has 0 saturated heterocycles. The minimum atomic E-state index is -0.0857. The van der Waals surface area contributed by atoms with Crippen LogP contribution in [0, 0.1) is 11.3 Å². The van der Waals surface area contributed by atoms with Crippen LogP contribution in [0.25, 0.3) is 0 Å². The summed E-state index contributed by atoms with van der Waals surface area (Å²) in [5.74, 6) is 1.50. The molecule has 0 aromatic heterocycles. The van der Waals surface area contributed by atoms with Gasteiger partial charge in [0.25, 0.3) is 0 Å². The van der Waals surface area contributed by atoms with Crippen molar-refractivity contribution in [2.24, 2.45) is 0 Å². The van der Waals surface area contributed by atoms with E-state index in [1.54, 1.807) is 18.9 Å². The summed E-state index contributed by atoms with van der Waals surface area (Å²) in [5, 5.41) is 9.27. The molecule has 2 aromatic carbocycles. The summed E-state index contributed by atoms with van der Waals surface area (Å²) in [6.45, 7) is 0. The molecule has 0 radical (unpaired) electrons. The van der Waals surface area contributed by atoms with Crippen LogP contribution in [0.15, 0.2) is 59.5 Å². The van der Waals surface area contributed by atoms with Crippen molar-refractivity contribution in [1.82, 2.24) is 0 Å². The summed E-state index contributed by atoms with van der Waals surface area (Å²) >= 11 is 1.67. The van der Waals surface area contributed by atoms with E-state index in [1.807, 2.05) is 54.6 Å². The van der Waals surface area contributed by atoms with Crippen LogP contribution in [0.3, 0.4) is 0 Å². The number of nitrogens with zero attached hydrogens (tertiary/aromatic N) is 1. The van der Waals surface area contributed by atoms with E-state index in [4.69, 9.17) is 4.74 Å². The number of ether oxygens (including phenoxy) is 1. The van der Waals surface area contributed by atoms with Gasteiger partial charge in [-0.3, -0.25) is 0 Å². The fourth-order valence-electron chi connectivity index (χ4n) is 1.76. The first kappa shape index (κ1) is 13.5. The number of thioether (sulfide) groups is 1. The minimum absolute atomic E-state index is 0.0857. The van der Waals surface area contributed by atoms with Gasteiger partial charge in [-0.25, -0.2) is 0 Å². The standard InChI is InChI=1S/C16H15NOS/c1-18-15-8-5-9-16(10-15)19-12-14(11-17)13-6-3-2-4-7-13/h2-10,14H,12H2,1H3. The molecule has 1 atom stereocenters. The van der Waals surface area contributed by atoms with Gasteiger partial charge in [0, 0.05) is 10.6 Å². The molecule has 0 aliphatic rings. The van der Waals surface area contributed by atoms with Crippen molar-refractivity contribution in [2.75, 3.05) is 12.9 Å². The smallest absolute Gasteiger partial charge is 0.119 e. The maximum Gasteiger partial charge on any atom is 0.119 e. The van der Waals surface area contributed by atoms with E-state index in [-0.39, 0.29) is 5.92 Å². The van der Waals surface area contributed by atoms with Crippen molar-refractivity contribution >= 4 is 11.8 Å². The topological polar surface area (TPSA) is 33.0 Å². The summed E-state index contributed by atoms with van der Waals surface area (Å²) in [4.78, 5) is 1.12. The van der Waals surface area contributed by atoms with Crippen LogP contribution in [0.2, 0.25) is 0 Å². The number of hydrogen-bond acceptors (Lipinski definition) is 3. The number of rotatable bonds is 5. The predicted octanol–water partition coefficient (Wildman–Crippen LogP) is 4.09. The highest BCUT2D eigenvalue weighted by Crippen LogP contribution is 2.28. The number of hydrogen-bond donors (Lipinski definition) is 0. The molecule has 0 N–H and O–H groups in total. The van der Waals surface area contributed by atoms with E-state index in [1.165, 1.54) is 0 Å². The first-order chi connectivity index (χ1) is 9.33. The molecule has 96 valence electrons. The molecule has 0 saturated carbocycles.